The molecule has 1 aliphatic rings. The van der Waals surface area contributed by atoms with E-state index in [0.29, 0.717) is 11.7 Å². The molecule has 0 aromatic carbocycles. The Kier molecular flexibility index (Phi) is 4.85. The summed E-state index contributed by atoms with van der Waals surface area (Å²) >= 11 is 1.83. The molecule has 2 atom stereocenters. The van der Waals surface area contributed by atoms with Crippen molar-refractivity contribution in [3.63, 3.8) is 0 Å². The maximum absolute atomic E-state index is 5.15. The van der Waals surface area contributed by atoms with Crippen molar-refractivity contribution in [1.29, 1.82) is 0 Å². The van der Waals surface area contributed by atoms with Gasteiger partial charge in [0, 0.05) is 18.7 Å². The van der Waals surface area contributed by atoms with Gasteiger partial charge in [-0.25, -0.2) is 0 Å². The van der Waals surface area contributed by atoms with Crippen LogP contribution in [0.15, 0.2) is 4.52 Å². The molecule has 2 heterocycles. The monoisotopic (exact) mass is 251 g/mol. The van der Waals surface area contributed by atoms with E-state index in [-0.39, 0.29) is 24.6 Å². The fraction of sp³-hybridized carbons (Fsp3) is 0.750. The molecule has 0 saturated carbocycles. The SMILES string of the molecule is COC(C)c1noc([C@H]2CSCN2)n1.Cl. The molecule has 1 aromatic rings. The van der Waals surface area contributed by atoms with Gasteiger partial charge < -0.3 is 9.26 Å². The molecule has 0 spiro atoms. The molecule has 1 N–H and O–H groups in total. The smallest absolute Gasteiger partial charge is 0.244 e. The lowest BCUT2D eigenvalue weighted by molar-refractivity contribution is 0.109. The molecule has 0 amide bonds. The van der Waals surface area contributed by atoms with Crippen LogP contribution in [0.1, 0.15) is 30.8 Å². The predicted molar refractivity (Wildman–Crippen MR) is 60.2 cm³/mol. The lowest BCUT2D eigenvalue weighted by Gasteiger charge is -2.02. The standard InChI is InChI=1S/C8H13N3O2S.ClH/c1-5(12-2)7-10-8(13-11-7)6-3-14-4-9-6;/h5-6,9H,3-4H2,1-2H3;1H/t5?,6-;/m1./s1. The van der Waals surface area contributed by atoms with Crippen molar-refractivity contribution >= 4 is 24.2 Å². The molecule has 0 radical (unpaired) electrons. The maximum atomic E-state index is 5.15. The van der Waals surface area contributed by atoms with E-state index >= 15 is 0 Å². The number of nitrogens with one attached hydrogen (secondary N) is 1. The van der Waals surface area contributed by atoms with Crippen molar-refractivity contribution in [1.82, 2.24) is 15.5 Å². The zero-order chi connectivity index (χ0) is 9.97. The zero-order valence-corrected chi connectivity index (χ0v) is 10.2. The molecule has 7 heteroatoms. The van der Waals surface area contributed by atoms with Crippen LogP contribution in [0.3, 0.4) is 0 Å². The highest BCUT2D eigenvalue weighted by atomic mass is 35.5. The second-order valence-electron chi connectivity index (χ2n) is 3.14. The molecule has 1 aliphatic heterocycles. The Hall–Kier alpha value is -0.300. The van der Waals surface area contributed by atoms with Crippen LogP contribution < -0.4 is 5.32 Å². The van der Waals surface area contributed by atoms with Crippen molar-refractivity contribution < 1.29 is 9.26 Å². The van der Waals surface area contributed by atoms with E-state index in [1.54, 1.807) is 7.11 Å². The highest BCUT2D eigenvalue weighted by Crippen LogP contribution is 2.23. The fourth-order valence-electron chi connectivity index (χ4n) is 1.21. The number of thioether (sulfide) groups is 1. The Morgan fingerprint density at radius 1 is 1.67 bits per heavy atom. The molecule has 0 bridgehead atoms. The van der Waals surface area contributed by atoms with Gasteiger partial charge in [-0.1, -0.05) is 5.16 Å². The van der Waals surface area contributed by atoms with Crippen LogP contribution in [0, 0.1) is 0 Å². The van der Waals surface area contributed by atoms with Crippen molar-refractivity contribution in [2.24, 2.45) is 0 Å². The molecular formula is C8H14ClN3O2S. The minimum absolute atomic E-state index is 0. The molecule has 1 unspecified atom stereocenters. The number of halogens is 1. The molecule has 15 heavy (non-hydrogen) atoms. The van der Waals surface area contributed by atoms with E-state index in [0.717, 1.165) is 11.6 Å². The Labute approximate surface area is 98.7 Å². The summed E-state index contributed by atoms with van der Waals surface area (Å²) in [6.07, 6.45) is -0.110. The molecule has 2 rings (SSSR count). The van der Waals surface area contributed by atoms with Crippen LogP contribution in [0.2, 0.25) is 0 Å². The number of ether oxygens (including phenoxy) is 1. The van der Waals surface area contributed by atoms with Gasteiger partial charge in [-0.15, -0.1) is 24.2 Å². The summed E-state index contributed by atoms with van der Waals surface area (Å²) in [5, 5.41) is 7.14. The van der Waals surface area contributed by atoms with Crippen LogP contribution in [0.4, 0.5) is 0 Å². The van der Waals surface area contributed by atoms with Crippen molar-refractivity contribution in [2.45, 2.75) is 19.1 Å². The van der Waals surface area contributed by atoms with Crippen LogP contribution in [0.25, 0.3) is 0 Å². The average Bonchev–Trinajstić information content (AvgIpc) is 2.86. The molecule has 1 saturated heterocycles. The van der Waals surface area contributed by atoms with Gasteiger partial charge in [0.05, 0.1) is 6.04 Å². The van der Waals surface area contributed by atoms with E-state index in [2.05, 4.69) is 15.5 Å². The second-order valence-corrected chi connectivity index (χ2v) is 4.17. The summed E-state index contributed by atoms with van der Waals surface area (Å²) < 4.78 is 10.3. The lowest BCUT2D eigenvalue weighted by atomic mass is 10.3. The number of methoxy groups -OCH3 is 1. The van der Waals surface area contributed by atoms with Crippen molar-refractivity contribution in [2.75, 3.05) is 18.7 Å². The third-order valence-electron chi connectivity index (χ3n) is 2.19. The second kappa shape index (κ2) is 5.69. The van der Waals surface area contributed by atoms with E-state index in [1.165, 1.54) is 0 Å². The summed E-state index contributed by atoms with van der Waals surface area (Å²) in [6, 6.07) is 0.199. The summed E-state index contributed by atoms with van der Waals surface area (Å²) in [7, 11) is 1.63. The van der Waals surface area contributed by atoms with Gasteiger partial charge in [0.25, 0.3) is 0 Å². The number of hydrogen-bond acceptors (Lipinski definition) is 6. The van der Waals surface area contributed by atoms with E-state index < -0.39 is 0 Å². The summed E-state index contributed by atoms with van der Waals surface area (Å²) in [6.45, 7) is 1.89. The third kappa shape index (κ3) is 2.84. The quantitative estimate of drug-likeness (QED) is 0.879. The molecule has 86 valence electrons. The minimum atomic E-state index is -0.110. The first kappa shape index (κ1) is 12.8. The molecule has 1 aromatic heterocycles. The lowest BCUT2D eigenvalue weighted by Crippen LogP contribution is -2.15. The number of rotatable bonds is 3. The van der Waals surface area contributed by atoms with E-state index in [1.807, 2.05) is 18.7 Å². The van der Waals surface area contributed by atoms with Crippen molar-refractivity contribution in [3.8, 4) is 0 Å². The molecule has 0 aliphatic carbocycles. The van der Waals surface area contributed by atoms with Gasteiger partial charge in [0.1, 0.15) is 6.10 Å². The Morgan fingerprint density at radius 3 is 3.07 bits per heavy atom. The Balaban J connectivity index is 0.00000112. The van der Waals surface area contributed by atoms with Crippen LogP contribution in [-0.2, 0) is 4.74 Å². The van der Waals surface area contributed by atoms with E-state index in [9.17, 15) is 0 Å². The summed E-state index contributed by atoms with van der Waals surface area (Å²) in [5.74, 6) is 3.21. The number of hydrogen-bond donors (Lipinski definition) is 1. The summed E-state index contributed by atoms with van der Waals surface area (Å²) in [5.41, 5.74) is 0. The van der Waals surface area contributed by atoms with Gasteiger partial charge in [-0.3, -0.25) is 5.32 Å². The maximum Gasteiger partial charge on any atom is 0.244 e. The Morgan fingerprint density at radius 2 is 2.47 bits per heavy atom. The first-order valence-electron chi connectivity index (χ1n) is 4.48. The molecule has 1 fully saturated rings. The third-order valence-corrected chi connectivity index (χ3v) is 3.13. The largest absolute Gasteiger partial charge is 0.374 e. The minimum Gasteiger partial charge on any atom is -0.374 e. The van der Waals surface area contributed by atoms with Gasteiger partial charge in [0.2, 0.25) is 5.89 Å². The Bertz CT molecular complexity index is 304. The van der Waals surface area contributed by atoms with Crippen LogP contribution >= 0.6 is 24.2 Å². The first-order chi connectivity index (χ1) is 6.81. The average molecular weight is 252 g/mol. The molecule has 5 nitrogen and oxygen atoms in total. The van der Waals surface area contributed by atoms with Crippen molar-refractivity contribution in [3.05, 3.63) is 11.7 Å². The van der Waals surface area contributed by atoms with Gasteiger partial charge >= 0.3 is 0 Å². The zero-order valence-electron chi connectivity index (χ0n) is 8.60. The number of aromatic nitrogens is 2. The molecular weight excluding hydrogens is 238 g/mol. The van der Waals surface area contributed by atoms with Crippen LogP contribution in [-0.4, -0.2) is 28.9 Å². The first-order valence-corrected chi connectivity index (χ1v) is 5.64. The van der Waals surface area contributed by atoms with Gasteiger partial charge in [-0.05, 0) is 6.92 Å². The van der Waals surface area contributed by atoms with E-state index in [4.69, 9.17) is 9.26 Å². The summed E-state index contributed by atoms with van der Waals surface area (Å²) in [4.78, 5) is 4.28. The van der Waals surface area contributed by atoms with Gasteiger partial charge in [-0.2, -0.15) is 4.98 Å². The predicted octanol–water partition coefficient (Wildman–Crippen LogP) is 1.53. The topological polar surface area (TPSA) is 60.2 Å². The van der Waals surface area contributed by atoms with Gasteiger partial charge in [0.15, 0.2) is 5.82 Å². The normalized spacial score (nSPS) is 22.4. The number of nitrogens with zero attached hydrogens (tertiary/aromatic N) is 2. The highest BCUT2D eigenvalue weighted by molar-refractivity contribution is 7.99. The van der Waals surface area contributed by atoms with Crippen LogP contribution in [0.5, 0.6) is 0 Å². The highest BCUT2D eigenvalue weighted by Gasteiger charge is 2.23. The fourth-order valence-corrected chi connectivity index (χ4v) is 2.15.